The molecule has 9 nitrogen and oxygen atoms in total. The molecule has 0 unspecified atom stereocenters. The first-order valence-corrected chi connectivity index (χ1v) is 13.3. The maximum Gasteiger partial charge on any atom is 0.272 e. The SMILES string of the molecule is COc1cccc2c1c(NS(=O)(=O)c1ccc(Cl)s1)nn2Cc1cccc(CNC(=O)[C@@H](C)N)c1. The number of thiophene rings is 1. The van der Waals surface area contributed by atoms with Crippen molar-refractivity contribution in [3.63, 3.8) is 0 Å². The number of ether oxygens (including phenoxy) is 1. The number of nitrogens with one attached hydrogen (secondary N) is 2. The Morgan fingerprint density at radius 2 is 1.94 bits per heavy atom. The van der Waals surface area contributed by atoms with Crippen molar-refractivity contribution in [2.75, 3.05) is 11.8 Å². The van der Waals surface area contributed by atoms with Crippen LogP contribution in [0, 0.1) is 0 Å². The predicted octanol–water partition coefficient (Wildman–Crippen LogP) is 3.57. The van der Waals surface area contributed by atoms with Crippen molar-refractivity contribution in [1.29, 1.82) is 0 Å². The summed E-state index contributed by atoms with van der Waals surface area (Å²) in [5.41, 5.74) is 8.13. The molecule has 4 rings (SSSR count). The van der Waals surface area contributed by atoms with Gasteiger partial charge in [-0.05, 0) is 42.3 Å². The summed E-state index contributed by atoms with van der Waals surface area (Å²) < 4.78 is 36.1. The van der Waals surface area contributed by atoms with Crippen molar-refractivity contribution in [1.82, 2.24) is 15.1 Å². The average Bonchev–Trinajstić information content (AvgIpc) is 3.41. The van der Waals surface area contributed by atoms with Gasteiger partial charge in [0.2, 0.25) is 5.91 Å². The Morgan fingerprint density at radius 1 is 1.20 bits per heavy atom. The van der Waals surface area contributed by atoms with E-state index in [1.165, 1.54) is 19.2 Å². The van der Waals surface area contributed by atoms with Crippen LogP contribution in [0.5, 0.6) is 5.75 Å². The molecule has 2 aromatic carbocycles. The largest absolute Gasteiger partial charge is 0.496 e. The van der Waals surface area contributed by atoms with Crippen molar-refractivity contribution in [2.24, 2.45) is 5.73 Å². The Kier molecular flexibility index (Phi) is 7.31. The molecule has 0 radical (unpaired) electrons. The minimum atomic E-state index is -3.90. The molecule has 4 aromatic rings. The van der Waals surface area contributed by atoms with Gasteiger partial charge in [0.1, 0.15) is 9.96 Å². The second-order valence-electron chi connectivity index (χ2n) is 7.85. The monoisotopic (exact) mass is 533 g/mol. The van der Waals surface area contributed by atoms with Crippen LogP contribution >= 0.6 is 22.9 Å². The minimum absolute atomic E-state index is 0.0849. The first-order valence-electron chi connectivity index (χ1n) is 10.6. The number of benzene rings is 2. The third kappa shape index (κ3) is 5.59. The summed E-state index contributed by atoms with van der Waals surface area (Å²) in [5, 5.41) is 7.91. The summed E-state index contributed by atoms with van der Waals surface area (Å²) in [6.07, 6.45) is 0. The van der Waals surface area contributed by atoms with Gasteiger partial charge < -0.3 is 15.8 Å². The fraction of sp³-hybridized carbons (Fsp3) is 0.217. The van der Waals surface area contributed by atoms with Crippen LogP contribution in [0.2, 0.25) is 4.34 Å². The van der Waals surface area contributed by atoms with Crippen LogP contribution in [0.15, 0.2) is 58.8 Å². The van der Waals surface area contributed by atoms with E-state index in [4.69, 9.17) is 22.1 Å². The van der Waals surface area contributed by atoms with E-state index in [1.54, 1.807) is 17.7 Å². The van der Waals surface area contributed by atoms with Crippen molar-refractivity contribution in [3.8, 4) is 5.75 Å². The first-order chi connectivity index (χ1) is 16.7. The molecule has 0 saturated carbocycles. The molecule has 0 saturated heterocycles. The Hall–Kier alpha value is -3.12. The molecular formula is C23H24ClN5O4S2. The number of carbonyl (C=O) groups excluding carboxylic acids is 1. The molecule has 0 fully saturated rings. The van der Waals surface area contributed by atoms with E-state index < -0.39 is 16.1 Å². The molecule has 2 heterocycles. The van der Waals surface area contributed by atoms with Crippen molar-refractivity contribution < 1.29 is 17.9 Å². The third-order valence-corrected chi connectivity index (χ3v) is 8.27. The number of hydrogen-bond donors (Lipinski definition) is 3. The fourth-order valence-electron chi connectivity index (χ4n) is 3.54. The van der Waals surface area contributed by atoms with Crippen LogP contribution in [-0.2, 0) is 27.9 Å². The summed E-state index contributed by atoms with van der Waals surface area (Å²) in [6, 6.07) is 15.5. The summed E-state index contributed by atoms with van der Waals surface area (Å²) in [6.45, 7) is 2.34. The zero-order valence-corrected chi connectivity index (χ0v) is 21.4. The van der Waals surface area contributed by atoms with Crippen LogP contribution < -0.4 is 20.5 Å². The molecule has 0 aliphatic heterocycles. The molecular weight excluding hydrogens is 510 g/mol. The average molecular weight is 534 g/mol. The smallest absolute Gasteiger partial charge is 0.272 e. The van der Waals surface area contributed by atoms with Crippen molar-refractivity contribution >= 4 is 55.6 Å². The summed E-state index contributed by atoms with van der Waals surface area (Å²) in [4.78, 5) is 11.8. The van der Waals surface area contributed by atoms with E-state index in [0.717, 1.165) is 22.5 Å². The van der Waals surface area contributed by atoms with E-state index in [9.17, 15) is 13.2 Å². The van der Waals surface area contributed by atoms with Crippen LogP contribution in [0.3, 0.4) is 0 Å². The third-order valence-electron chi connectivity index (χ3n) is 5.21. The number of amides is 1. The quantitative estimate of drug-likeness (QED) is 0.302. The molecule has 12 heteroatoms. The van der Waals surface area contributed by atoms with Crippen LogP contribution in [0.4, 0.5) is 5.82 Å². The van der Waals surface area contributed by atoms with Gasteiger partial charge in [0.05, 0.1) is 34.9 Å². The molecule has 1 atom stereocenters. The number of sulfonamides is 1. The number of fused-ring (bicyclic) bond motifs is 1. The Balaban J connectivity index is 1.67. The number of anilines is 1. The van der Waals surface area contributed by atoms with E-state index in [0.29, 0.717) is 34.1 Å². The standard InChI is InChI=1S/C23H24ClN5O4S2/c1-14(25)23(30)26-12-15-5-3-6-16(11-15)13-29-17-7-4-8-18(33-2)21(17)22(27-29)28-35(31,32)20-10-9-19(24)34-20/h3-11,14H,12-13,25H2,1-2H3,(H,26,30)(H,27,28)/t14-/m1/s1. The van der Waals surface area contributed by atoms with Gasteiger partial charge in [-0.3, -0.25) is 14.2 Å². The van der Waals surface area contributed by atoms with E-state index in [2.05, 4.69) is 15.1 Å². The fourth-order valence-corrected chi connectivity index (χ4v) is 6.03. The Bertz CT molecular complexity index is 1480. The van der Waals surface area contributed by atoms with Crippen LogP contribution in [0.1, 0.15) is 18.1 Å². The number of nitrogens with two attached hydrogens (primary N) is 1. The maximum absolute atomic E-state index is 13.0. The highest BCUT2D eigenvalue weighted by atomic mass is 35.5. The van der Waals surface area contributed by atoms with E-state index >= 15 is 0 Å². The van der Waals surface area contributed by atoms with E-state index in [1.807, 2.05) is 36.4 Å². The molecule has 2 aromatic heterocycles. The number of nitrogens with zero attached hydrogens (tertiary/aromatic N) is 2. The topological polar surface area (TPSA) is 128 Å². The number of carbonyl (C=O) groups is 1. The first kappa shape index (κ1) is 25.0. The summed E-state index contributed by atoms with van der Waals surface area (Å²) in [7, 11) is -2.38. The van der Waals surface area contributed by atoms with Crippen molar-refractivity contribution in [3.05, 3.63) is 70.1 Å². The Morgan fingerprint density at radius 3 is 2.63 bits per heavy atom. The molecule has 0 spiro atoms. The second-order valence-corrected chi connectivity index (χ2v) is 11.5. The summed E-state index contributed by atoms with van der Waals surface area (Å²) in [5.74, 6) is 0.412. The van der Waals surface area contributed by atoms with Gasteiger partial charge in [-0.15, -0.1) is 11.3 Å². The van der Waals surface area contributed by atoms with Crippen molar-refractivity contribution in [2.45, 2.75) is 30.3 Å². The number of halogens is 1. The predicted molar refractivity (Wildman–Crippen MR) is 137 cm³/mol. The highest BCUT2D eigenvalue weighted by Crippen LogP contribution is 2.35. The lowest BCUT2D eigenvalue weighted by molar-refractivity contribution is -0.122. The molecule has 35 heavy (non-hydrogen) atoms. The second kappa shape index (κ2) is 10.2. The van der Waals surface area contributed by atoms with E-state index in [-0.39, 0.29) is 15.9 Å². The molecule has 4 N–H and O–H groups in total. The van der Waals surface area contributed by atoms with Gasteiger partial charge in [-0.25, -0.2) is 8.42 Å². The lowest BCUT2D eigenvalue weighted by Crippen LogP contribution is -2.37. The van der Waals surface area contributed by atoms with Gasteiger partial charge >= 0.3 is 0 Å². The minimum Gasteiger partial charge on any atom is -0.496 e. The van der Waals surface area contributed by atoms with Crippen LogP contribution in [0.25, 0.3) is 10.9 Å². The molecule has 1 amide bonds. The highest BCUT2D eigenvalue weighted by molar-refractivity contribution is 7.94. The number of methoxy groups -OCH3 is 1. The Labute approximate surface area is 211 Å². The molecule has 184 valence electrons. The lowest BCUT2D eigenvalue weighted by atomic mass is 10.1. The van der Waals surface area contributed by atoms with Gasteiger partial charge in [0.15, 0.2) is 5.82 Å². The molecule has 0 aliphatic rings. The van der Waals surface area contributed by atoms with Crippen LogP contribution in [-0.4, -0.2) is 37.3 Å². The maximum atomic E-state index is 13.0. The zero-order valence-electron chi connectivity index (χ0n) is 19.0. The number of hydrogen-bond acceptors (Lipinski definition) is 7. The molecule has 0 bridgehead atoms. The molecule has 0 aliphatic carbocycles. The normalized spacial score (nSPS) is 12.5. The van der Waals surface area contributed by atoms with Gasteiger partial charge in [0.25, 0.3) is 10.0 Å². The van der Waals surface area contributed by atoms with Gasteiger partial charge in [0, 0.05) is 6.54 Å². The lowest BCUT2D eigenvalue weighted by Gasteiger charge is -2.10. The zero-order chi connectivity index (χ0) is 25.2. The highest BCUT2D eigenvalue weighted by Gasteiger charge is 2.23. The summed E-state index contributed by atoms with van der Waals surface area (Å²) >= 11 is 6.89. The van der Waals surface area contributed by atoms with Gasteiger partial charge in [-0.2, -0.15) is 5.10 Å². The number of aromatic nitrogens is 2. The number of rotatable bonds is 9. The van der Waals surface area contributed by atoms with Gasteiger partial charge in [-0.1, -0.05) is 41.9 Å².